The average Bonchev–Trinajstić information content (AvgIpc) is 2.14. The highest BCUT2D eigenvalue weighted by molar-refractivity contribution is 5.83. The van der Waals surface area contributed by atoms with Crippen LogP contribution in [0.1, 0.15) is 38.5 Å². The molecule has 0 aliphatic heterocycles. The van der Waals surface area contributed by atoms with Gasteiger partial charge in [0.1, 0.15) is 0 Å². The Bertz CT molecular complexity index is 239. The molecule has 4 aliphatic rings. The van der Waals surface area contributed by atoms with E-state index in [4.69, 9.17) is 0 Å². The zero-order chi connectivity index (χ0) is 9.76. The summed E-state index contributed by atoms with van der Waals surface area (Å²) in [5.74, 6) is 1.98. The molecular formula is C11H16NO2-. The Morgan fingerprint density at radius 1 is 1.07 bits per heavy atom. The van der Waals surface area contributed by atoms with Crippen molar-refractivity contribution in [3.8, 4) is 0 Å². The summed E-state index contributed by atoms with van der Waals surface area (Å²) in [5.41, 5.74) is 1.38. The number of hydrogen-bond donors (Lipinski definition) is 1. The Balaban J connectivity index is 1.91. The number of rotatable bonds is 1. The summed E-state index contributed by atoms with van der Waals surface area (Å²) in [6.45, 7) is 0. The molecule has 0 spiro atoms. The highest BCUT2D eigenvalue weighted by Gasteiger charge is 2.53. The van der Waals surface area contributed by atoms with Gasteiger partial charge in [-0.15, -0.1) is 0 Å². The van der Waals surface area contributed by atoms with Crippen LogP contribution in [0.4, 0.5) is 0 Å². The molecule has 4 rings (SSSR count). The predicted octanol–water partition coefficient (Wildman–Crippen LogP) is 1.82. The number of hydroxylamine groups is 1. The maximum Gasteiger partial charge on any atom is 0.215 e. The number of carbonyl (C=O) groups excluding carboxylic acids is 1. The first-order chi connectivity index (χ1) is 6.72. The summed E-state index contributed by atoms with van der Waals surface area (Å²) < 4.78 is 0. The van der Waals surface area contributed by atoms with Gasteiger partial charge < -0.3 is 10.7 Å². The van der Waals surface area contributed by atoms with Crippen molar-refractivity contribution >= 4 is 5.91 Å². The fourth-order valence-corrected chi connectivity index (χ4v) is 4.50. The maximum atomic E-state index is 11.6. The number of hydrogen-bond acceptors (Lipinski definition) is 2. The van der Waals surface area contributed by atoms with E-state index in [1.54, 1.807) is 5.48 Å². The maximum absolute atomic E-state index is 11.6. The van der Waals surface area contributed by atoms with E-state index < -0.39 is 0 Å². The Hall–Kier alpha value is -0.570. The summed E-state index contributed by atoms with van der Waals surface area (Å²) in [7, 11) is 0. The smallest absolute Gasteiger partial charge is 0.215 e. The lowest BCUT2D eigenvalue weighted by molar-refractivity contribution is -0.145. The van der Waals surface area contributed by atoms with Crippen molar-refractivity contribution in [2.45, 2.75) is 38.5 Å². The molecule has 0 heterocycles. The van der Waals surface area contributed by atoms with Gasteiger partial charge in [-0.25, -0.2) is 0 Å². The summed E-state index contributed by atoms with van der Waals surface area (Å²) >= 11 is 0. The lowest BCUT2D eigenvalue weighted by atomic mass is 9.49. The van der Waals surface area contributed by atoms with Gasteiger partial charge in [-0.2, -0.15) is 0 Å². The molecule has 78 valence electrons. The van der Waals surface area contributed by atoms with Crippen molar-refractivity contribution in [2.24, 2.45) is 23.2 Å². The molecule has 0 radical (unpaired) electrons. The van der Waals surface area contributed by atoms with E-state index >= 15 is 0 Å². The van der Waals surface area contributed by atoms with Crippen LogP contribution in [0.2, 0.25) is 0 Å². The third-order valence-corrected chi connectivity index (χ3v) is 4.61. The van der Waals surface area contributed by atoms with Crippen molar-refractivity contribution in [3.63, 3.8) is 0 Å². The quantitative estimate of drug-likeness (QED) is 0.647. The van der Waals surface area contributed by atoms with Gasteiger partial charge >= 0.3 is 0 Å². The van der Waals surface area contributed by atoms with Gasteiger partial charge in [-0.1, -0.05) is 0 Å². The molecule has 4 bridgehead atoms. The van der Waals surface area contributed by atoms with Crippen LogP contribution < -0.4 is 5.48 Å². The molecular weight excluding hydrogens is 178 g/mol. The van der Waals surface area contributed by atoms with Crippen LogP contribution in [0.25, 0.3) is 0 Å². The molecule has 0 aromatic rings. The van der Waals surface area contributed by atoms with E-state index in [2.05, 4.69) is 0 Å². The Morgan fingerprint density at radius 3 is 1.86 bits per heavy atom. The zero-order valence-electron chi connectivity index (χ0n) is 8.29. The largest absolute Gasteiger partial charge is 0.759 e. The first kappa shape index (κ1) is 8.72. The molecule has 4 aliphatic carbocycles. The Kier molecular flexibility index (Phi) is 1.69. The molecule has 14 heavy (non-hydrogen) atoms. The van der Waals surface area contributed by atoms with Gasteiger partial charge in [0.25, 0.3) is 0 Å². The van der Waals surface area contributed by atoms with Gasteiger partial charge in [0.2, 0.25) is 5.91 Å². The minimum absolute atomic E-state index is 0.225. The first-order valence-electron chi connectivity index (χ1n) is 5.64. The third-order valence-electron chi connectivity index (χ3n) is 4.61. The van der Waals surface area contributed by atoms with Crippen molar-refractivity contribution in [1.29, 1.82) is 0 Å². The van der Waals surface area contributed by atoms with Crippen LogP contribution in [-0.2, 0) is 4.79 Å². The second kappa shape index (κ2) is 2.72. The molecule has 1 amide bonds. The van der Waals surface area contributed by atoms with Crippen molar-refractivity contribution < 1.29 is 4.79 Å². The summed E-state index contributed by atoms with van der Waals surface area (Å²) in [6.07, 6.45) is 6.87. The molecule has 4 saturated carbocycles. The van der Waals surface area contributed by atoms with Crippen LogP contribution in [0.5, 0.6) is 0 Å². The summed E-state index contributed by atoms with van der Waals surface area (Å²) in [4.78, 5) is 11.6. The van der Waals surface area contributed by atoms with Crippen molar-refractivity contribution in [1.82, 2.24) is 5.48 Å². The monoisotopic (exact) mass is 194 g/mol. The summed E-state index contributed by atoms with van der Waals surface area (Å²) in [6, 6.07) is 0. The lowest BCUT2D eigenvalue weighted by Gasteiger charge is -2.56. The highest BCUT2D eigenvalue weighted by atomic mass is 16.5. The fourth-order valence-electron chi connectivity index (χ4n) is 4.50. The van der Waals surface area contributed by atoms with Gasteiger partial charge in [0.15, 0.2) is 0 Å². The SMILES string of the molecule is O=C(N[O-])C12CC3CC(CC(C3)C1)C2. The third kappa shape index (κ3) is 1.05. The minimum atomic E-state index is -0.253. The Labute approximate surface area is 83.8 Å². The van der Waals surface area contributed by atoms with Gasteiger partial charge in [0, 0.05) is 5.41 Å². The van der Waals surface area contributed by atoms with Crippen LogP contribution in [-0.4, -0.2) is 5.91 Å². The van der Waals surface area contributed by atoms with Crippen LogP contribution in [0.15, 0.2) is 0 Å². The van der Waals surface area contributed by atoms with E-state index in [0.29, 0.717) is 0 Å². The molecule has 0 atom stereocenters. The molecule has 0 saturated heterocycles. The zero-order valence-corrected chi connectivity index (χ0v) is 8.29. The minimum Gasteiger partial charge on any atom is -0.759 e. The molecule has 0 aromatic carbocycles. The standard InChI is InChI=1S/C11H16NO2/c13-10(12-14)11-4-7-1-8(5-11)3-9(2-7)6-11/h7-9H,1-6H2,(H-,12,13,14)/q-1. The average molecular weight is 194 g/mol. The van der Waals surface area contributed by atoms with Crippen LogP contribution in [0.3, 0.4) is 0 Å². The van der Waals surface area contributed by atoms with Crippen LogP contribution >= 0.6 is 0 Å². The molecule has 3 heteroatoms. The summed E-state index contributed by atoms with van der Waals surface area (Å²) in [5, 5.41) is 10.5. The van der Waals surface area contributed by atoms with Gasteiger partial charge in [0.05, 0.1) is 0 Å². The second-order valence-corrected chi connectivity index (χ2v) is 5.63. The van der Waals surface area contributed by atoms with Crippen molar-refractivity contribution in [2.75, 3.05) is 0 Å². The fraction of sp³-hybridized carbons (Fsp3) is 0.909. The van der Waals surface area contributed by atoms with Crippen LogP contribution in [0, 0.1) is 28.4 Å². The molecule has 4 fully saturated rings. The predicted molar refractivity (Wildman–Crippen MR) is 52.1 cm³/mol. The normalized spacial score (nSPS) is 49.4. The van der Waals surface area contributed by atoms with E-state index in [1.165, 1.54) is 19.3 Å². The number of nitrogens with one attached hydrogen (secondary N) is 1. The van der Waals surface area contributed by atoms with Gasteiger partial charge in [-0.05, 0) is 56.3 Å². The van der Waals surface area contributed by atoms with Crippen molar-refractivity contribution in [3.05, 3.63) is 5.21 Å². The number of carbonyl (C=O) groups is 1. The topological polar surface area (TPSA) is 52.2 Å². The molecule has 1 N–H and O–H groups in total. The molecule has 3 nitrogen and oxygen atoms in total. The highest BCUT2D eigenvalue weighted by Crippen LogP contribution is 2.59. The first-order valence-corrected chi connectivity index (χ1v) is 5.64. The van der Waals surface area contributed by atoms with E-state index in [-0.39, 0.29) is 11.3 Å². The molecule has 0 aromatic heterocycles. The van der Waals surface area contributed by atoms with E-state index in [9.17, 15) is 10.0 Å². The Morgan fingerprint density at radius 2 is 1.50 bits per heavy atom. The lowest BCUT2D eigenvalue weighted by Crippen LogP contribution is -2.52. The number of amides is 1. The van der Waals surface area contributed by atoms with E-state index in [0.717, 1.165) is 37.0 Å². The van der Waals surface area contributed by atoms with Gasteiger partial charge in [-0.3, -0.25) is 4.79 Å². The second-order valence-electron chi connectivity index (χ2n) is 5.63. The molecule has 0 unspecified atom stereocenters. The van der Waals surface area contributed by atoms with E-state index in [1.807, 2.05) is 0 Å².